The molecule has 0 aromatic heterocycles. The van der Waals surface area contributed by atoms with Gasteiger partial charge in [-0.25, -0.2) is 0 Å². The van der Waals surface area contributed by atoms with Crippen LogP contribution in [0.4, 0.5) is 0 Å². The Balaban J connectivity index is 1.00. The van der Waals surface area contributed by atoms with Crippen molar-refractivity contribution in [3.05, 3.63) is 23.8 Å². The number of fused-ring (bicyclic) bond motifs is 5. The molecule has 1 saturated heterocycles. The van der Waals surface area contributed by atoms with Crippen LogP contribution in [0.1, 0.15) is 222 Å². The molecular formula is C57H103NO4. The molecule has 4 aliphatic carbocycles. The van der Waals surface area contributed by atoms with E-state index in [4.69, 9.17) is 18.9 Å². The maximum Gasteiger partial charge on any atom is 0.0936 e. The van der Waals surface area contributed by atoms with E-state index < -0.39 is 0 Å². The molecule has 5 aliphatic rings. The van der Waals surface area contributed by atoms with E-state index in [2.05, 4.69) is 78.5 Å². The first-order valence-electron chi connectivity index (χ1n) is 27.3. The third kappa shape index (κ3) is 13.7. The van der Waals surface area contributed by atoms with Gasteiger partial charge in [-0.3, -0.25) is 4.90 Å². The summed E-state index contributed by atoms with van der Waals surface area (Å²) in [4.78, 5) is 2.51. The molecule has 1 aliphatic heterocycles. The topological polar surface area (TPSA) is 40.2 Å². The molecule has 0 N–H and O–H groups in total. The smallest absolute Gasteiger partial charge is 0.0936 e. The molecule has 3 saturated carbocycles. The van der Waals surface area contributed by atoms with Crippen LogP contribution in [0, 0.1) is 45.3 Å². The van der Waals surface area contributed by atoms with Crippen LogP contribution in [0.2, 0.25) is 0 Å². The van der Waals surface area contributed by atoms with E-state index in [1.807, 2.05) is 7.11 Å². The fourth-order valence-corrected chi connectivity index (χ4v) is 14.3. The molecule has 0 amide bonds. The van der Waals surface area contributed by atoms with E-state index in [1.165, 1.54) is 148 Å². The van der Waals surface area contributed by atoms with Gasteiger partial charge in [0.05, 0.1) is 38.1 Å². The Morgan fingerprint density at radius 1 is 0.710 bits per heavy atom. The molecule has 0 radical (unpaired) electrons. The number of allylic oxidation sites excluding steroid dienone is 3. The summed E-state index contributed by atoms with van der Waals surface area (Å²) < 4.78 is 25.2. The summed E-state index contributed by atoms with van der Waals surface area (Å²) in [6, 6.07) is 0. The van der Waals surface area contributed by atoms with E-state index in [9.17, 15) is 0 Å². The van der Waals surface area contributed by atoms with Crippen molar-refractivity contribution in [3.8, 4) is 0 Å². The second-order valence-corrected chi connectivity index (χ2v) is 23.2. The van der Waals surface area contributed by atoms with Crippen molar-refractivity contribution in [3.63, 3.8) is 0 Å². The van der Waals surface area contributed by atoms with Gasteiger partial charge in [0, 0.05) is 33.4 Å². The van der Waals surface area contributed by atoms with Crippen molar-refractivity contribution in [2.45, 2.75) is 241 Å². The van der Waals surface area contributed by atoms with Gasteiger partial charge in [0.1, 0.15) is 0 Å². The number of nitrogens with zero attached hydrogens (tertiary/aromatic N) is 1. The van der Waals surface area contributed by atoms with Crippen LogP contribution in [0.25, 0.3) is 0 Å². The van der Waals surface area contributed by atoms with Gasteiger partial charge in [0.2, 0.25) is 0 Å². The minimum Gasteiger partial charge on any atom is -0.380 e. The predicted molar refractivity (Wildman–Crippen MR) is 264 cm³/mol. The van der Waals surface area contributed by atoms with Crippen molar-refractivity contribution in [2.75, 3.05) is 53.2 Å². The molecule has 4 fully saturated rings. The van der Waals surface area contributed by atoms with E-state index in [1.54, 1.807) is 5.57 Å². The van der Waals surface area contributed by atoms with Gasteiger partial charge in [0.25, 0.3) is 0 Å². The molecule has 10 atom stereocenters. The van der Waals surface area contributed by atoms with Gasteiger partial charge in [-0.1, -0.05) is 156 Å². The van der Waals surface area contributed by atoms with Gasteiger partial charge in [0.15, 0.2) is 0 Å². The summed E-state index contributed by atoms with van der Waals surface area (Å²) in [5, 5.41) is 0. The normalized spacial score (nSPS) is 33.5. The van der Waals surface area contributed by atoms with E-state index in [0.29, 0.717) is 53.7 Å². The Morgan fingerprint density at radius 3 is 2.10 bits per heavy atom. The zero-order chi connectivity index (χ0) is 44.5. The minimum absolute atomic E-state index is 0.0764. The van der Waals surface area contributed by atoms with Crippen molar-refractivity contribution in [2.24, 2.45) is 45.3 Å². The monoisotopic (exact) mass is 866 g/mol. The highest BCUT2D eigenvalue weighted by atomic mass is 16.6. The highest BCUT2D eigenvalue weighted by Gasteiger charge is 2.68. The lowest BCUT2D eigenvalue weighted by molar-refractivity contribution is -0.166. The van der Waals surface area contributed by atoms with Gasteiger partial charge in [-0.15, -0.1) is 0 Å². The summed E-state index contributed by atoms with van der Waals surface area (Å²) in [5.41, 5.74) is 3.31. The quantitative estimate of drug-likeness (QED) is 0.0513. The van der Waals surface area contributed by atoms with Gasteiger partial charge >= 0.3 is 0 Å². The first kappa shape index (κ1) is 52.3. The maximum atomic E-state index is 6.69. The summed E-state index contributed by atoms with van der Waals surface area (Å²) >= 11 is 0. The molecule has 5 nitrogen and oxygen atoms in total. The molecule has 0 aromatic carbocycles. The minimum atomic E-state index is 0.0764. The number of unbranched alkanes of at least 4 members (excludes halogenated alkanes) is 12. The van der Waals surface area contributed by atoms with Gasteiger partial charge in [-0.05, 0) is 135 Å². The zero-order valence-corrected chi connectivity index (χ0v) is 42.7. The Bertz CT molecular complexity index is 1310. The van der Waals surface area contributed by atoms with Gasteiger partial charge in [-0.2, -0.15) is 0 Å². The fraction of sp³-hybridized carbons (Fsp3) is 0.930. The Labute approximate surface area is 385 Å². The highest BCUT2D eigenvalue weighted by molar-refractivity contribution is 5.30. The van der Waals surface area contributed by atoms with Crippen LogP contribution in [0.3, 0.4) is 0 Å². The zero-order valence-electron chi connectivity index (χ0n) is 42.7. The van der Waals surface area contributed by atoms with Crippen molar-refractivity contribution in [1.82, 2.24) is 4.90 Å². The number of ether oxygens (including phenoxy) is 4. The standard InChI is InChI=1S/C57H103NO4/c1-10-11-12-13-14-15-16-17-18-19-20-21-22-23-24-25-39-60-45-51(44-58-38-33-50(43-58)59-9)62-41-40-61-49-31-34-54(5)48(42-49)29-30-53-56(7)35-32-52(47(4)28-26-27-46(2)3)55(56,6)36-37-57(53,54)8/h17-18,29,46-47,49-53H,10-16,19-28,30-45H2,1-9H3. The molecule has 0 spiro atoms. The third-order valence-corrected chi connectivity index (χ3v) is 18.8. The number of hydrogen-bond acceptors (Lipinski definition) is 5. The molecule has 360 valence electrons. The highest BCUT2D eigenvalue weighted by Crippen LogP contribution is 2.76. The van der Waals surface area contributed by atoms with Crippen LogP contribution < -0.4 is 0 Å². The summed E-state index contributed by atoms with van der Waals surface area (Å²) in [7, 11) is 1.85. The SMILES string of the molecule is CCCCCCCCC=CCCCCCCCCOCC(CN1CCC(OC)C1)OCCOC1CCC2(C)C(=CCC3C2(C)CCC2(C)C(C(C)CCCC(C)C)CCC32C)C1. The average molecular weight is 866 g/mol. The Morgan fingerprint density at radius 2 is 1.40 bits per heavy atom. The number of hydrogen-bond donors (Lipinski definition) is 0. The fourth-order valence-electron chi connectivity index (χ4n) is 14.3. The van der Waals surface area contributed by atoms with Crippen molar-refractivity contribution >= 4 is 0 Å². The average Bonchev–Trinajstić information content (AvgIpc) is 3.82. The third-order valence-electron chi connectivity index (χ3n) is 18.8. The van der Waals surface area contributed by atoms with Crippen LogP contribution in [0.15, 0.2) is 23.8 Å². The van der Waals surface area contributed by atoms with E-state index in [-0.39, 0.29) is 6.10 Å². The Kier molecular flexibility index (Phi) is 21.9. The lowest BCUT2D eigenvalue weighted by atomic mass is 9.36. The molecule has 1 heterocycles. The van der Waals surface area contributed by atoms with Crippen molar-refractivity contribution in [1.29, 1.82) is 0 Å². The molecule has 62 heavy (non-hydrogen) atoms. The largest absolute Gasteiger partial charge is 0.380 e. The lowest BCUT2D eigenvalue weighted by Crippen LogP contribution is -2.61. The summed E-state index contributed by atoms with van der Waals surface area (Å²) in [6.07, 6.45) is 42.8. The molecule has 0 bridgehead atoms. The number of methoxy groups -OCH3 is 1. The molecule has 5 rings (SSSR count). The maximum absolute atomic E-state index is 6.69. The lowest BCUT2D eigenvalue weighted by Gasteiger charge is -2.68. The first-order chi connectivity index (χ1) is 29.9. The number of likely N-dealkylation sites (tertiary alicyclic amines) is 1. The van der Waals surface area contributed by atoms with E-state index in [0.717, 1.165) is 69.2 Å². The molecule has 0 aromatic rings. The van der Waals surface area contributed by atoms with Crippen LogP contribution in [0.5, 0.6) is 0 Å². The second kappa shape index (κ2) is 26.0. The van der Waals surface area contributed by atoms with Gasteiger partial charge < -0.3 is 18.9 Å². The molecule has 10 unspecified atom stereocenters. The first-order valence-corrected chi connectivity index (χ1v) is 27.3. The molecular weight excluding hydrogens is 763 g/mol. The van der Waals surface area contributed by atoms with Crippen molar-refractivity contribution < 1.29 is 18.9 Å². The van der Waals surface area contributed by atoms with Crippen LogP contribution in [-0.4, -0.2) is 76.4 Å². The van der Waals surface area contributed by atoms with E-state index >= 15 is 0 Å². The van der Waals surface area contributed by atoms with Crippen LogP contribution >= 0.6 is 0 Å². The number of rotatable bonds is 31. The van der Waals surface area contributed by atoms with Crippen LogP contribution in [-0.2, 0) is 18.9 Å². The predicted octanol–water partition coefficient (Wildman–Crippen LogP) is 15.4. The second-order valence-electron chi connectivity index (χ2n) is 23.2. The Hall–Kier alpha value is -0.720. The summed E-state index contributed by atoms with van der Waals surface area (Å²) in [6.45, 7) is 26.4. The molecule has 5 heteroatoms. The summed E-state index contributed by atoms with van der Waals surface area (Å²) in [5.74, 6) is 3.36.